The molecule has 6 heteroatoms. The molecule has 0 spiro atoms. The highest BCUT2D eigenvalue weighted by Crippen LogP contribution is 2.17. The molecule has 166 valence electrons. The van der Waals surface area contributed by atoms with Crippen LogP contribution in [0, 0.1) is 18.8 Å². The number of aryl methyl sites for hydroxylation is 1. The van der Waals surface area contributed by atoms with Crippen molar-refractivity contribution in [1.82, 2.24) is 15.8 Å². The lowest BCUT2D eigenvalue weighted by Crippen LogP contribution is -3.13. The molecule has 2 amide bonds. The summed E-state index contributed by atoms with van der Waals surface area (Å²) in [6.45, 7) is 15.1. The Bertz CT molecular complexity index is 715. The van der Waals surface area contributed by atoms with Crippen LogP contribution < -0.4 is 15.6 Å². The van der Waals surface area contributed by atoms with Gasteiger partial charge in [-0.25, -0.2) is 5.01 Å². The smallest absolute Gasteiger partial charge is 0.245 e. The molecule has 1 aliphatic heterocycles. The summed E-state index contributed by atoms with van der Waals surface area (Å²) in [6.07, 6.45) is 3.12. The molecule has 1 aromatic rings. The molecule has 1 aliphatic rings. The molecule has 1 heterocycles. The van der Waals surface area contributed by atoms with Gasteiger partial charge in [-0.15, -0.1) is 0 Å². The van der Waals surface area contributed by atoms with Crippen molar-refractivity contribution in [2.24, 2.45) is 11.8 Å². The average molecular weight is 416 g/mol. The van der Waals surface area contributed by atoms with E-state index in [1.54, 1.807) is 4.90 Å². The molecule has 1 aromatic carbocycles. The molecule has 0 bridgehead atoms. The Balaban J connectivity index is 1.77. The maximum absolute atomic E-state index is 12.4. The highest BCUT2D eigenvalue weighted by atomic mass is 16.2. The van der Waals surface area contributed by atoms with Gasteiger partial charge in [0.05, 0.1) is 25.3 Å². The molecule has 30 heavy (non-hydrogen) atoms. The molecule has 0 fully saturated rings. The summed E-state index contributed by atoms with van der Waals surface area (Å²) in [4.78, 5) is 26.2. The van der Waals surface area contributed by atoms with Gasteiger partial charge in [0.25, 0.3) is 0 Å². The molecular formula is C24H39N4O2+. The van der Waals surface area contributed by atoms with Crippen molar-refractivity contribution >= 4 is 17.5 Å². The standard InChI is InChI=1S/C24H38N4O2/c1-18(2)15-27(16-19(3)4)14-6-13-25-23(29)17-28-24(30)12-11-22(26-28)21-9-7-20(5)8-10-21/h7-11,18-19,26H,6,12-17H2,1-5H3,(H,25,29)/p+1. The minimum atomic E-state index is -0.129. The van der Waals surface area contributed by atoms with Crippen molar-refractivity contribution in [3.05, 3.63) is 41.5 Å². The van der Waals surface area contributed by atoms with Crippen LogP contribution >= 0.6 is 0 Å². The molecule has 3 N–H and O–H groups in total. The fourth-order valence-electron chi connectivity index (χ4n) is 3.80. The maximum Gasteiger partial charge on any atom is 0.245 e. The van der Waals surface area contributed by atoms with E-state index in [1.165, 1.54) is 10.6 Å². The number of hydrogen-bond donors (Lipinski definition) is 3. The fraction of sp³-hybridized carbons (Fsp3) is 0.583. The van der Waals surface area contributed by atoms with Gasteiger partial charge < -0.3 is 10.2 Å². The quantitative estimate of drug-likeness (QED) is 0.483. The first kappa shape index (κ1) is 23.9. The number of quaternary nitrogens is 1. The van der Waals surface area contributed by atoms with Crippen LogP contribution in [0.1, 0.15) is 51.7 Å². The first-order valence-corrected chi connectivity index (χ1v) is 11.2. The number of amides is 2. The Labute approximate surface area is 181 Å². The predicted molar refractivity (Wildman–Crippen MR) is 121 cm³/mol. The first-order valence-electron chi connectivity index (χ1n) is 11.2. The van der Waals surface area contributed by atoms with Crippen LogP contribution in [0.25, 0.3) is 5.70 Å². The van der Waals surface area contributed by atoms with E-state index in [2.05, 4.69) is 38.4 Å². The third-order valence-electron chi connectivity index (χ3n) is 5.12. The Morgan fingerprint density at radius 2 is 1.77 bits per heavy atom. The SMILES string of the molecule is Cc1ccc(C2=CCC(=O)N(CC(=O)NCCC[NH+](CC(C)C)CC(C)C)N2)cc1. The molecule has 0 saturated heterocycles. The van der Waals surface area contributed by atoms with E-state index < -0.39 is 0 Å². The third-order valence-corrected chi connectivity index (χ3v) is 5.12. The van der Waals surface area contributed by atoms with Crippen LogP contribution in [0.15, 0.2) is 30.3 Å². The molecule has 0 atom stereocenters. The van der Waals surface area contributed by atoms with E-state index in [4.69, 9.17) is 0 Å². The number of benzene rings is 1. The summed E-state index contributed by atoms with van der Waals surface area (Å²) in [5.74, 6) is 1.11. The van der Waals surface area contributed by atoms with Crippen molar-refractivity contribution in [3.8, 4) is 0 Å². The van der Waals surface area contributed by atoms with Crippen molar-refractivity contribution in [2.75, 3.05) is 32.7 Å². The molecular weight excluding hydrogens is 376 g/mol. The van der Waals surface area contributed by atoms with Crippen LogP contribution in [0.4, 0.5) is 0 Å². The van der Waals surface area contributed by atoms with Gasteiger partial charge in [-0.3, -0.25) is 15.0 Å². The minimum Gasteiger partial charge on any atom is -0.354 e. The number of nitrogens with zero attached hydrogens (tertiary/aromatic N) is 1. The topological polar surface area (TPSA) is 65.9 Å². The van der Waals surface area contributed by atoms with E-state index in [-0.39, 0.29) is 18.4 Å². The molecule has 2 rings (SSSR count). The Kier molecular flexibility index (Phi) is 9.37. The summed E-state index contributed by atoms with van der Waals surface area (Å²) in [5.41, 5.74) is 6.16. The van der Waals surface area contributed by atoms with Gasteiger partial charge in [0, 0.05) is 31.2 Å². The summed E-state index contributed by atoms with van der Waals surface area (Å²) in [7, 11) is 0. The molecule has 0 saturated carbocycles. The molecule has 0 aromatic heterocycles. The van der Waals surface area contributed by atoms with E-state index in [0.29, 0.717) is 24.8 Å². The van der Waals surface area contributed by atoms with Crippen molar-refractivity contribution < 1.29 is 14.5 Å². The van der Waals surface area contributed by atoms with Crippen LogP contribution in [0.2, 0.25) is 0 Å². The largest absolute Gasteiger partial charge is 0.354 e. The highest BCUT2D eigenvalue weighted by molar-refractivity contribution is 5.88. The van der Waals surface area contributed by atoms with E-state index in [0.717, 1.165) is 37.3 Å². The maximum atomic E-state index is 12.4. The second kappa shape index (κ2) is 11.7. The number of carbonyl (C=O) groups excluding carboxylic acids is 2. The molecule has 0 aliphatic carbocycles. The monoisotopic (exact) mass is 415 g/mol. The van der Waals surface area contributed by atoms with Crippen molar-refractivity contribution in [3.63, 3.8) is 0 Å². The first-order chi connectivity index (χ1) is 14.2. The number of rotatable bonds is 11. The number of carbonyl (C=O) groups is 2. The Morgan fingerprint density at radius 1 is 1.13 bits per heavy atom. The van der Waals surface area contributed by atoms with Crippen LogP contribution in [-0.2, 0) is 9.59 Å². The van der Waals surface area contributed by atoms with Gasteiger partial charge in [-0.2, -0.15) is 0 Å². The zero-order valence-corrected chi connectivity index (χ0v) is 19.3. The van der Waals surface area contributed by atoms with Crippen LogP contribution in [0.3, 0.4) is 0 Å². The van der Waals surface area contributed by atoms with E-state index in [9.17, 15) is 9.59 Å². The van der Waals surface area contributed by atoms with Gasteiger partial charge in [0.1, 0.15) is 6.54 Å². The number of nitrogens with one attached hydrogen (secondary N) is 3. The average Bonchev–Trinajstić information content (AvgIpc) is 2.66. The summed E-state index contributed by atoms with van der Waals surface area (Å²) < 4.78 is 0. The summed E-state index contributed by atoms with van der Waals surface area (Å²) in [5, 5.41) is 4.39. The summed E-state index contributed by atoms with van der Waals surface area (Å²) >= 11 is 0. The fourth-order valence-corrected chi connectivity index (χ4v) is 3.80. The van der Waals surface area contributed by atoms with Crippen molar-refractivity contribution in [1.29, 1.82) is 0 Å². The van der Waals surface area contributed by atoms with Gasteiger partial charge in [0.2, 0.25) is 11.8 Å². The third kappa shape index (κ3) is 8.19. The highest BCUT2D eigenvalue weighted by Gasteiger charge is 2.22. The lowest BCUT2D eigenvalue weighted by Gasteiger charge is -2.29. The Hall–Kier alpha value is -2.34. The lowest BCUT2D eigenvalue weighted by atomic mass is 10.1. The van der Waals surface area contributed by atoms with Crippen LogP contribution in [0.5, 0.6) is 0 Å². The van der Waals surface area contributed by atoms with Gasteiger partial charge >= 0.3 is 0 Å². The van der Waals surface area contributed by atoms with Crippen LogP contribution in [-0.4, -0.2) is 49.5 Å². The zero-order valence-electron chi connectivity index (χ0n) is 19.3. The predicted octanol–water partition coefficient (Wildman–Crippen LogP) is 1.78. The zero-order chi connectivity index (χ0) is 22.1. The number of hydrazine groups is 1. The lowest BCUT2D eigenvalue weighted by molar-refractivity contribution is -0.906. The molecule has 0 radical (unpaired) electrons. The Morgan fingerprint density at radius 3 is 2.37 bits per heavy atom. The molecule has 6 nitrogen and oxygen atoms in total. The van der Waals surface area contributed by atoms with Gasteiger partial charge in [-0.1, -0.05) is 57.5 Å². The minimum absolute atomic E-state index is 0.0244. The second-order valence-corrected chi connectivity index (χ2v) is 9.18. The van der Waals surface area contributed by atoms with Crippen molar-refractivity contribution in [2.45, 2.75) is 47.5 Å². The number of hydrogen-bond acceptors (Lipinski definition) is 3. The summed E-state index contributed by atoms with van der Waals surface area (Å²) in [6, 6.07) is 8.11. The normalized spacial score (nSPS) is 14.3. The van der Waals surface area contributed by atoms with E-state index >= 15 is 0 Å². The van der Waals surface area contributed by atoms with Gasteiger partial charge in [0.15, 0.2) is 0 Å². The van der Waals surface area contributed by atoms with Gasteiger partial charge in [-0.05, 0) is 18.6 Å². The second-order valence-electron chi connectivity index (χ2n) is 9.18. The molecule has 0 unspecified atom stereocenters. The van der Waals surface area contributed by atoms with E-state index in [1.807, 2.05) is 37.3 Å².